The standard InChI is InChI=1S/C25H27N3O2/c1-17-13-18(2)15-23(14-17)26-16-24(29)28-22-11-9-21(10-12-22)25(30)27-19(3)20-7-5-4-6-8-20/h4-15,19,26H,16H2,1-3H3,(H,27,30)(H,28,29). The summed E-state index contributed by atoms with van der Waals surface area (Å²) < 4.78 is 0. The number of carbonyl (C=O) groups is 2. The van der Waals surface area contributed by atoms with Crippen LogP contribution in [0.25, 0.3) is 0 Å². The highest BCUT2D eigenvalue weighted by Gasteiger charge is 2.11. The van der Waals surface area contributed by atoms with Crippen molar-refractivity contribution in [3.05, 3.63) is 95.1 Å². The molecule has 3 rings (SSSR count). The minimum atomic E-state index is -0.152. The van der Waals surface area contributed by atoms with Gasteiger partial charge in [0.05, 0.1) is 12.6 Å². The lowest BCUT2D eigenvalue weighted by atomic mass is 10.1. The fraction of sp³-hybridized carbons (Fsp3) is 0.200. The Morgan fingerprint density at radius 1 is 0.833 bits per heavy atom. The summed E-state index contributed by atoms with van der Waals surface area (Å²) in [5, 5.41) is 8.96. The summed E-state index contributed by atoms with van der Waals surface area (Å²) in [6, 6.07) is 22.7. The Hall–Kier alpha value is -3.60. The number of hydrogen-bond donors (Lipinski definition) is 3. The van der Waals surface area contributed by atoms with Gasteiger partial charge in [0.25, 0.3) is 5.91 Å². The second-order valence-corrected chi connectivity index (χ2v) is 7.46. The lowest BCUT2D eigenvalue weighted by Crippen LogP contribution is -2.26. The van der Waals surface area contributed by atoms with E-state index in [2.05, 4.69) is 22.0 Å². The Balaban J connectivity index is 1.52. The highest BCUT2D eigenvalue weighted by molar-refractivity contribution is 5.96. The molecule has 0 aromatic heterocycles. The van der Waals surface area contributed by atoms with Crippen LogP contribution in [0.2, 0.25) is 0 Å². The summed E-state index contributed by atoms with van der Waals surface area (Å²) in [4.78, 5) is 24.7. The van der Waals surface area contributed by atoms with Crippen molar-refractivity contribution in [2.24, 2.45) is 0 Å². The predicted molar refractivity (Wildman–Crippen MR) is 122 cm³/mol. The fourth-order valence-corrected chi connectivity index (χ4v) is 3.27. The van der Waals surface area contributed by atoms with Gasteiger partial charge in [-0.1, -0.05) is 36.4 Å². The van der Waals surface area contributed by atoms with Gasteiger partial charge in [0.15, 0.2) is 0 Å². The maximum Gasteiger partial charge on any atom is 0.251 e. The van der Waals surface area contributed by atoms with Crippen LogP contribution in [-0.4, -0.2) is 18.4 Å². The lowest BCUT2D eigenvalue weighted by Gasteiger charge is -2.14. The summed E-state index contributed by atoms with van der Waals surface area (Å²) in [7, 11) is 0. The summed E-state index contributed by atoms with van der Waals surface area (Å²) in [6.07, 6.45) is 0. The zero-order chi connectivity index (χ0) is 21.5. The van der Waals surface area contributed by atoms with Gasteiger partial charge in [-0.15, -0.1) is 0 Å². The molecular formula is C25H27N3O2. The minimum Gasteiger partial charge on any atom is -0.376 e. The van der Waals surface area contributed by atoms with Crippen molar-refractivity contribution < 1.29 is 9.59 Å². The average Bonchev–Trinajstić information content (AvgIpc) is 2.72. The topological polar surface area (TPSA) is 70.2 Å². The number of carbonyl (C=O) groups excluding carboxylic acids is 2. The summed E-state index contributed by atoms with van der Waals surface area (Å²) in [6.45, 7) is 6.16. The molecule has 0 saturated carbocycles. The summed E-state index contributed by atoms with van der Waals surface area (Å²) in [5.74, 6) is -0.301. The Kier molecular flexibility index (Phi) is 6.86. The molecule has 0 heterocycles. The normalized spacial score (nSPS) is 11.4. The largest absolute Gasteiger partial charge is 0.376 e. The van der Waals surface area contributed by atoms with E-state index < -0.39 is 0 Å². The first-order chi connectivity index (χ1) is 14.4. The van der Waals surface area contributed by atoms with Gasteiger partial charge in [0.2, 0.25) is 5.91 Å². The molecule has 154 valence electrons. The quantitative estimate of drug-likeness (QED) is 0.530. The molecule has 5 heteroatoms. The molecule has 2 amide bonds. The van der Waals surface area contributed by atoms with Crippen LogP contribution in [0.4, 0.5) is 11.4 Å². The van der Waals surface area contributed by atoms with Crippen LogP contribution in [0.5, 0.6) is 0 Å². The van der Waals surface area contributed by atoms with Gasteiger partial charge in [0, 0.05) is 16.9 Å². The van der Waals surface area contributed by atoms with Crippen molar-refractivity contribution in [2.75, 3.05) is 17.2 Å². The summed E-state index contributed by atoms with van der Waals surface area (Å²) in [5.41, 5.74) is 5.45. The molecular weight excluding hydrogens is 374 g/mol. The molecule has 0 fully saturated rings. The van der Waals surface area contributed by atoms with Gasteiger partial charge < -0.3 is 16.0 Å². The zero-order valence-electron chi connectivity index (χ0n) is 17.5. The fourth-order valence-electron chi connectivity index (χ4n) is 3.27. The Bertz CT molecular complexity index is 994. The number of amides is 2. The van der Waals surface area contributed by atoms with Crippen LogP contribution in [0, 0.1) is 13.8 Å². The van der Waals surface area contributed by atoms with Gasteiger partial charge in [-0.25, -0.2) is 0 Å². The molecule has 0 aliphatic rings. The molecule has 0 radical (unpaired) electrons. The van der Waals surface area contributed by atoms with Crippen LogP contribution in [0.15, 0.2) is 72.8 Å². The van der Waals surface area contributed by atoms with Crippen LogP contribution in [0.3, 0.4) is 0 Å². The van der Waals surface area contributed by atoms with Crippen molar-refractivity contribution in [3.8, 4) is 0 Å². The van der Waals surface area contributed by atoms with E-state index in [0.29, 0.717) is 11.3 Å². The van der Waals surface area contributed by atoms with Crippen LogP contribution < -0.4 is 16.0 Å². The molecule has 0 aliphatic carbocycles. The molecule has 0 spiro atoms. The molecule has 0 bridgehead atoms. The second-order valence-electron chi connectivity index (χ2n) is 7.46. The SMILES string of the molecule is Cc1cc(C)cc(NCC(=O)Nc2ccc(C(=O)NC(C)c3ccccc3)cc2)c1. The van der Waals surface area contributed by atoms with Crippen molar-refractivity contribution >= 4 is 23.2 Å². The van der Waals surface area contributed by atoms with E-state index in [1.54, 1.807) is 24.3 Å². The Morgan fingerprint density at radius 2 is 1.47 bits per heavy atom. The number of nitrogens with one attached hydrogen (secondary N) is 3. The van der Waals surface area contributed by atoms with Gasteiger partial charge >= 0.3 is 0 Å². The van der Waals surface area contributed by atoms with Crippen molar-refractivity contribution in [3.63, 3.8) is 0 Å². The van der Waals surface area contributed by atoms with Gasteiger partial charge in [-0.2, -0.15) is 0 Å². The second kappa shape index (κ2) is 9.74. The molecule has 1 atom stereocenters. The molecule has 1 unspecified atom stereocenters. The predicted octanol–water partition coefficient (Wildman–Crippen LogP) is 4.85. The molecule has 30 heavy (non-hydrogen) atoms. The van der Waals surface area contributed by atoms with Gasteiger partial charge in [0.1, 0.15) is 0 Å². The van der Waals surface area contributed by atoms with E-state index in [-0.39, 0.29) is 24.4 Å². The van der Waals surface area contributed by atoms with E-state index in [1.807, 2.05) is 63.2 Å². The first kappa shape index (κ1) is 21.1. The zero-order valence-corrected chi connectivity index (χ0v) is 17.5. The van der Waals surface area contributed by atoms with Crippen LogP contribution in [-0.2, 0) is 4.79 Å². The Morgan fingerprint density at radius 3 is 2.10 bits per heavy atom. The van der Waals surface area contributed by atoms with Crippen LogP contribution >= 0.6 is 0 Å². The third kappa shape index (κ3) is 5.95. The highest BCUT2D eigenvalue weighted by atomic mass is 16.2. The maximum absolute atomic E-state index is 12.5. The number of benzene rings is 3. The monoisotopic (exact) mass is 401 g/mol. The molecule has 5 nitrogen and oxygen atoms in total. The number of anilines is 2. The van der Waals surface area contributed by atoms with E-state index in [0.717, 1.165) is 22.4 Å². The molecule has 3 aromatic carbocycles. The third-order valence-corrected chi connectivity index (χ3v) is 4.75. The molecule has 3 aromatic rings. The number of hydrogen-bond acceptors (Lipinski definition) is 3. The van der Waals surface area contributed by atoms with Gasteiger partial charge in [-0.3, -0.25) is 9.59 Å². The Labute approximate surface area is 177 Å². The smallest absolute Gasteiger partial charge is 0.251 e. The van der Waals surface area contributed by atoms with Gasteiger partial charge in [-0.05, 0) is 73.9 Å². The van der Waals surface area contributed by atoms with Crippen LogP contribution in [0.1, 0.15) is 40.0 Å². The summed E-state index contributed by atoms with van der Waals surface area (Å²) >= 11 is 0. The van der Waals surface area contributed by atoms with Crippen molar-refractivity contribution in [1.29, 1.82) is 0 Å². The average molecular weight is 402 g/mol. The third-order valence-electron chi connectivity index (χ3n) is 4.75. The minimum absolute atomic E-state index is 0.0885. The maximum atomic E-state index is 12.5. The van der Waals surface area contributed by atoms with E-state index in [9.17, 15) is 9.59 Å². The number of rotatable bonds is 7. The van der Waals surface area contributed by atoms with Crippen molar-refractivity contribution in [2.45, 2.75) is 26.8 Å². The number of aryl methyl sites for hydroxylation is 2. The van der Waals surface area contributed by atoms with E-state index in [1.165, 1.54) is 0 Å². The molecule has 0 saturated heterocycles. The lowest BCUT2D eigenvalue weighted by molar-refractivity contribution is -0.114. The highest BCUT2D eigenvalue weighted by Crippen LogP contribution is 2.15. The first-order valence-corrected chi connectivity index (χ1v) is 9.98. The first-order valence-electron chi connectivity index (χ1n) is 9.98. The van der Waals surface area contributed by atoms with E-state index in [4.69, 9.17) is 0 Å². The van der Waals surface area contributed by atoms with Crippen molar-refractivity contribution in [1.82, 2.24) is 5.32 Å². The molecule has 3 N–H and O–H groups in total. The van der Waals surface area contributed by atoms with E-state index >= 15 is 0 Å². The molecule has 0 aliphatic heterocycles.